The number of amides is 2. The lowest BCUT2D eigenvalue weighted by molar-refractivity contribution is -0.258. The molecular formula is C13H13F3N4O2. The molecule has 2 aromatic rings. The van der Waals surface area contributed by atoms with Crippen molar-refractivity contribution in [1.82, 2.24) is 9.78 Å². The molecule has 0 fully saturated rings. The molecule has 0 aliphatic heterocycles. The van der Waals surface area contributed by atoms with Crippen LogP contribution in [0, 0.1) is 0 Å². The molecular weight excluding hydrogens is 301 g/mol. The van der Waals surface area contributed by atoms with E-state index in [1.807, 2.05) is 0 Å². The Morgan fingerprint density at radius 2 is 1.86 bits per heavy atom. The first-order valence-corrected chi connectivity index (χ1v) is 6.13. The molecule has 6 nitrogen and oxygen atoms in total. The van der Waals surface area contributed by atoms with Crippen LogP contribution in [0.5, 0.6) is 0 Å². The van der Waals surface area contributed by atoms with E-state index >= 15 is 0 Å². The van der Waals surface area contributed by atoms with Gasteiger partial charge in [0.15, 0.2) is 11.4 Å². The minimum absolute atomic E-state index is 0.207. The van der Waals surface area contributed by atoms with Crippen LogP contribution < -0.4 is 11.1 Å². The lowest BCUT2D eigenvalue weighted by Gasteiger charge is -2.26. The van der Waals surface area contributed by atoms with E-state index in [0.29, 0.717) is 12.6 Å². The quantitative estimate of drug-likeness (QED) is 0.810. The number of rotatable bonds is 3. The van der Waals surface area contributed by atoms with Gasteiger partial charge in [-0.15, -0.1) is 5.10 Å². The van der Waals surface area contributed by atoms with E-state index < -0.39 is 17.8 Å². The molecule has 0 saturated carbocycles. The van der Waals surface area contributed by atoms with Crippen LogP contribution in [-0.4, -0.2) is 27.1 Å². The van der Waals surface area contributed by atoms with Gasteiger partial charge in [-0.3, -0.25) is 5.32 Å². The van der Waals surface area contributed by atoms with Crippen LogP contribution in [0.1, 0.15) is 12.5 Å². The molecule has 2 amide bonds. The number of nitrogens with zero attached hydrogens (tertiary/aromatic N) is 2. The second kappa shape index (κ2) is 5.34. The number of nitrogens with two attached hydrogens (primary N) is 1. The summed E-state index contributed by atoms with van der Waals surface area (Å²) < 4.78 is 39.6. The molecule has 1 aromatic carbocycles. The van der Waals surface area contributed by atoms with Gasteiger partial charge in [-0.1, -0.05) is 12.1 Å². The number of carbonyl (C=O) groups excluding carboxylic acids is 1. The van der Waals surface area contributed by atoms with E-state index in [9.17, 15) is 23.1 Å². The number of hydrogen-bond donors (Lipinski definition) is 3. The zero-order valence-electron chi connectivity index (χ0n) is 11.4. The van der Waals surface area contributed by atoms with E-state index in [1.54, 1.807) is 0 Å². The van der Waals surface area contributed by atoms with Crippen molar-refractivity contribution in [1.29, 1.82) is 0 Å². The molecule has 0 radical (unpaired) electrons. The Morgan fingerprint density at radius 1 is 1.27 bits per heavy atom. The molecule has 2 rings (SSSR count). The number of primary amides is 1. The number of anilines is 1. The number of benzene rings is 1. The van der Waals surface area contributed by atoms with E-state index in [0.717, 1.165) is 12.1 Å². The van der Waals surface area contributed by atoms with Crippen molar-refractivity contribution in [2.24, 2.45) is 5.73 Å². The first-order valence-electron chi connectivity index (χ1n) is 6.13. The van der Waals surface area contributed by atoms with Crippen LogP contribution in [0.25, 0.3) is 5.69 Å². The minimum Gasteiger partial charge on any atom is -0.376 e. The molecule has 1 unspecified atom stereocenters. The third-order valence-electron chi connectivity index (χ3n) is 3.09. The Balaban J connectivity index is 2.26. The molecule has 4 N–H and O–H groups in total. The van der Waals surface area contributed by atoms with Crippen molar-refractivity contribution in [3.63, 3.8) is 0 Å². The number of halogens is 3. The Kier molecular flexibility index (Phi) is 3.84. The maximum Gasteiger partial charge on any atom is 0.421 e. The maximum atomic E-state index is 12.7. The van der Waals surface area contributed by atoms with Gasteiger partial charge < -0.3 is 10.8 Å². The van der Waals surface area contributed by atoms with Gasteiger partial charge in [-0.25, -0.2) is 9.48 Å². The average molecular weight is 314 g/mol. The number of aromatic nitrogens is 2. The Labute approximate surface area is 123 Å². The van der Waals surface area contributed by atoms with Crippen LogP contribution >= 0.6 is 0 Å². The van der Waals surface area contributed by atoms with Gasteiger partial charge in [0.1, 0.15) is 0 Å². The fourth-order valence-electron chi connectivity index (χ4n) is 1.76. The van der Waals surface area contributed by atoms with E-state index in [2.05, 4.69) is 10.4 Å². The largest absolute Gasteiger partial charge is 0.421 e. The highest BCUT2D eigenvalue weighted by molar-refractivity contribution is 5.86. The summed E-state index contributed by atoms with van der Waals surface area (Å²) >= 11 is 0. The van der Waals surface area contributed by atoms with Crippen molar-refractivity contribution < 1.29 is 23.1 Å². The van der Waals surface area contributed by atoms with E-state index in [-0.39, 0.29) is 11.4 Å². The van der Waals surface area contributed by atoms with Crippen molar-refractivity contribution in [3.8, 4) is 5.69 Å². The maximum absolute atomic E-state index is 12.7. The third kappa shape index (κ3) is 3.03. The summed E-state index contributed by atoms with van der Waals surface area (Å²) in [6, 6.07) is 5.76. The smallest absolute Gasteiger partial charge is 0.376 e. The number of hydrogen-bond acceptors (Lipinski definition) is 3. The van der Waals surface area contributed by atoms with Gasteiger partial charge in [-0.2, -0.15) is 13.2 Å². The van der Waals surface area contributed by atoms with Crippen LogP contribution in [-0.2, 0) is 5.60 Å². The number of alkyl halides is 3. The highest BCUT2D eigenvalue weighted by Gasteiger charge is 2.51. The molecule has 22 heavy (non-hydrogen) atoms. The lowest BCUT2D eigenvalue weighted by Crippen LogP contribution is -2.39. The fraction of sp³-hybridized carbons (Fsp3) is 0.231. The summed E-state index contributed by atoms with van der Waals surface area (Å²) in [6.45, 7) is 0.685. The Hall–Kier alpha value is -2.55. The SMILES string of the molecule is CC(O)(c1ccc(-n2ccc(NC(N)=O)n2)cc1)C(F)(F)F. The predicted molar refractivity (Wildman–Crippen MR) is 72.4 cm³/mol. The van der Waals surface area contributed by atoms with Gasteiger partial charge in [-0.05, 0) is 24.6 Å². The predicted octanol–water partition coefficient (Wildman–Crippen LogP) is 2.13. The van der Waals surface area contributed by atoms with Crippen molar-refractivity contribution >= 4 is 11.8 Å². The van der Waals surface area contributed by atoms with Crippen LogP contribution in [0.4, 0.5) is 23.8 Å². The summed E-state index contributed by atoms with van der Waals surface area (Å²) in [4.78, 5) is 10.7. The average Bonchev–Trinajstić information content (AvgIpc) is 2.85. The van der Waals surface area contributed by atoms with E-state index in [1.165, 1.54) is 29.1 Å². The van der Waals surface area contributed by atoms with Crippen LogP contribution in [0.3, 0.4) is 0 Å². The molecule has 0 aliphatic carbocycles. The summed E-state index contributed by atoms with van der Waals surface area (Å²) in [7, 11) is 0. The number of carbonyl (C=O) groups is 1. The van der Waals surface area contributed by atoms with Gasteiger partial charge in [0.25, 0.3) is 0 Å². The van der Waals surface area contributed by atoms with Crippen molar-refractivity contribution in [2.75, 3.05) is 5.32 Å². The Bertz CT molecular complexity index is 677. The highest BCUT2D eigenvalue weighted by atomic mass is 19.4. The molecule has 9 heteroatoms. The molecule has 118 valence electrons. The highest BCUT2D eigenvalue weighted by Crippen LogP contribution is 2.38. The number of urea groups is 1. The zero-order chi connectivity index (χ0) is 16.5. The third-order valence-corrected chi connectivity index (χ3v) is 3.09. The molecule has 0 aliphatic rings. The fourth-order valence-corrected chi connectivity index (χ4v) is 1.76. The van der Waals surface area contributed by atoms with E-state index in [4.69, 9.17) is 5.73 Å². The monoisotopic (exact) mass is 314 g/mol. The molecule has 1 heterocycles. The van der Waals surface area contributed by atoms with Gasteiger partial charge >= 0.3 is 12.2 Å². The van der Waals surface area contributed by atoms with Crippen LogP contribution in [0.2, 0.25) is 0 Å². The summed E-state index contributed by atoms with van der Waals surface area (Å²) in [6.07, 6.45) is -3.28. The molecule has 0 bridgehead atoms. The van der Waals surface area contributed by atoms with Gasteiger partial charge in [0, 0.05) is 12.3 Å². The molecule has 0 spiro atoms. The first kappa shape index (κ1) is 15.8. The molecule has 0 saturated heterocycles. The summed E-state index contributed by atoms with van der Waals surface area (Å²) in [5, 5.41) is 15.8. The Morgan fingerprint density at radius 3 is 2.36 bits per heavy atom. The second-order valence-electron chi connectivity index (χ2n) is 4.75. The minimum atomic E-state index is -4.78. The standard InChI is InChI=1S/C13H13F3N4O2/c1-12(22,13(14,15)16)8-2-4-9(5-3-8)20-7-6-10(19-20)18-11(17)21/h2-7,22H,1H3,(H3,17,18,19,21). The zero-order valence-corrected chi connectivity index (χ0v) is 11.4. The van der Waals surface area contributed by atoms with Gasteiger partial charge in [0.05, 0.1) is 5.69 Å². The van der Waals surface area contributed by atoms with Gasteiger partial charge in [0.2, 0.25) is 0 Å². The normalized spacial score (nSPS) is 14.4. The summed E-state index contributed by atoms with van der Waals surface area (Å²) in [5.41, 5.74) is 2.18. The van der Waals surface area contributed by atoms with Crippen molar-refractivity contribution in [2.45, 2.75) is 18.7 Å². The number of nitrogens with one attached hydrogen (secondary N) is 1. The second-order valence-corrected chi connectivity index (χ2v) is 4.75. The molecule has 1 aromatic heterocycles. The molecule has 1 atom stereocenters. The first-order chi connectivity index (χ1) is 10.1. The lowest BCUT2D eigenvalue weighted by atomic mass is 9.95. The van der Waals surface area contributed by atoms with Crippen LogP contribution in [0.15, 0.2) is 36.5 Å². The summed E-state index contributed by atoms with van der Waals surface area (Å²) in [5.74, 6) is 0.207. The topological polar surface area (TPSA) is 93.2 Å². The van der Waals surface area contributed by atoms with Crippen molar-refractivity contribution in [3.05, 3.63) is 42.1 Å². The number of aliphatic hydroxyl groups is 1.